The molecule has 0 saturated heterocycles. The van der Waals surface area contributed by atoms with E-state index in [2.05, 4.69) is 42.3 Å². The summed E-state index contributed by atoms with van der Waals surface area (Å²) in [6, 6.07) is 17.8. The molecular weight excluding hydrogens is 492 g/mol. The highest BCUT2D eigenvalue weighted by molar-refractivity contribution is 9.11. The first kappa shape index (κ1) is 19.9. The van der Waals surface area contributed by atoms with Gasteiger partial charge in [-0.15, -0.1) is 0 Å². The smallest absolute Gasteiger partial charge is 0.270 e. The summed E-state index contributed by atoms with van der Waals surface area (Å²) in [5.41, 5.74) is 2.00. The molecule has 0 spiro atoms. The number of benzene rings is 3. The summed E-state index contributed by atoms with van der Waals surface area (Å²) in [6.07, 6.45) is 0.758. The van der Waals surface area contributed by atoms with Crippen LogP contribution in [0.2, 0.25) is 0 Å². The molecule has 0 radical (unpaired) electrons. The SMILES string of the molecule is O=C(/C=N/O)Nc1cc(Br)c(Oc2ccc(O)c(-c3ccccc3)c2)c(Br)c1. The van der Waals surface area contributed by atoms with Crippen molar-refractivity contribution in [1.29, 1.82) is 0 Å². The molecule has 28 heavy (non-hydrogen) atoms. The van der Waals surface area contributed by atoms with Crippen molar-refractivity contribution < 1.29 is 19.8 Å². The molecule has 0 atom stereocenters. The molecule has 0 aliphatic heterocycles. The molecule has 3 aromatic rings. The summed E-state index contributed by atoms with van der Waals surface area (Å²) in [7, 11) is 0. The van der Waals surface area contributed by atoms with Crippen molar-refractivity contribution >= 4 is 49.7 Å². The van der Waals surface area contributed by atoms with Gasteiger partial charge >= 0.3 is 0 Å². The topological polar surface area (TPSA) is 91.2 Å². The highest BCUT2D eigenvalue weighted by Gasteiger charge is 2.13. The first-order valence-electron chi connectivity index (χ1n) is 8.01. The standard InChI is InChI=1S/C20H14Br2N2O4/c21-16-8-13(24-19(26)11-23-27)9-17(22)20(16)28-14-6-7-18(25)15(10-14)12-4-2-1-3-5-12/h1-11,25,27H,(H,24,26)/b23-11+. The molecular formula is C20H14Br2N2O4. The Kier molecular flexibility index (Phi) is 6.33. The fourth-order valence-electron chi connectivity index (χ4n) is 2.50. The predicted molar refractivity (Wildman–Crippen MR) is 114 cm³/mol. The minimum Gasteiger partial charge on any atom is -0.507 e. The third kappa shape index (κ3) is 4.71. The second kappa shape index (κ2) is 8.90. The van der Waals surface area contributed by atoms with Gasteiger partial charge in [0, 0.05) is 11.3 Å². The van der Waals surface area contributed by atoms with Crippen LogP contribution in [0.4, 0.5) is 5.69 Å². The lowest BCUT2D eigenvalue weighted by atomic mass is 10.0. The fourth-order valence-corrected chi connectivity index (χ4v) is 3.85. The zero-order valence-electron chi connectivity index (χ0n) is 14.3. The summed E-state index contributed by atoms with van der Waals surface area (Å²) < 4.78 is 7.16. The fraction of sp³-hybridized carbons (Fsp3) is 0. The highest BCUT2D eigenvalue weighted by Crippen LogP contribution is 2.41. The van der Waals surface area contributed by atoms with E-state index < -0.39 is 5.91 Å². The number of carbonyl (C=O) groups excluding carboxylic acids is 1. The van der Waals surface area contributed by atoms with Crippen LogP contribution in [-0.2, 0) is 4.79 Å². The number of hydrogen-bond acceptors (Lipinski definition) is 5. The first-order chi connectivity index (χ1) is 13.5. The van der Waals surface area contributed by atoms with Gasteiger partial charge in [-0.05, 0) is 67.8 Å². The van der Waals surface area contributed by atoms with E-state index in [1.165, 1.54) is 0 Å². The van der Waals surface area contributed by atoms with Gasteiger partial charge in [-0.3, -0.25) is 4.79 Å². The Balaban J connectivity index is 1.89. The van der Waals surface area contributed by atoms with Gasteiger partial charge in [0.2, 0.25) is 0 Å². The third-order valence-electron chi connectivity index (χ3n) is 3.71. The zero-order chi connectivity index (χ0) is 20.1. The zero-order valence-corrected chi connectivity index (χ0v) is 17.4. The van der Waals surface area contributed by atoms with E-state index in [-0.39, 0.29) is 5.75 Å². The molecule has 0 aliphatic rings. The Morgan fingerprint density at radius 1 is 1.04 bits per heavy atom. The molecule has 3 N–H and O–H groups in total. The van der Waals surface area contributed by atoms with Crippen LogP contribution in [-0.4, -0.2) is 22.4 Å². The maximum atomic E-state index is 11.5. The van der Waals surface area contributed by atoms with Crippen LogP contribution >= 0.6 is 31.9 Å². The number of ether oxygens (including phenoxy) is 1. The van der Waals surface area contributed by atoms with E-state index in [1.807, 2.05) is 30.3 Å². The van der Waals surface area contributed by atoms with Crippen molar-refractivity contribution in [2.45, 2.75) is 0 Å². The number of amides is 1. The van der Waals surface area contributed by atoms with Gasteiger partial charge in [0.1, 0.15) is 17.7 Å². The molecule has 3 rings (SSSR count). The Bertz CT molecular complexity index is 1020. The van der Waals surface area contributed by atoms with Crippen molar-refractivity contribution in [2.75, 3.05) is 5.32 Å². The number of rotatable bonds is 5. The number of oxime groups is 1. The quantitative estimate of drug-likeness (QED) is 0.233. The number of phenolic OH excluding ortho intramolecular Hbond substituents is 1. The van der Waals surface area contributed by atoms with Crippen molar-refractivity contribution in [3.05, 3.63) is 69.6 Å². The van der Waals surface area contributed by atoms with Gasteiger partial charge in [0.15, 0.2) is 5.75 Å². The maximum absolute atomic E-state index is 11.5. The van der Waals surface area contributed by atoms with Gasteiger partial charge in [-0.2, -0.15) is 0 Å². The lowest BCUT2D eigenvalue weighted by Crippen LogP contribution is -2.12. The van der Waals surface area contributed by atoms with Crippen molar-refractivity contribution in [3.63, 3.8) is 0 Å². The van der Waals surface area contributed by atoms with Crippen LogP contribution < -0.4 is 10.1 Å². The summed E-state index contributed by atoms with van der Waals surface area (Å²) >= 11 is 6.85. The Hall–Kier alpha value is -2.84. The average molecular weight is 506 g/mol. The lowest BCUT2D eigenvalue weighted by Gasteiger charge is -2.14. The van der Waals surface area contributed by atoms with Crippen LogP contribution in [0.3, 0.4) is 0 Å². The van der Waals surface area contributed by atoms with Gasteiger partial charge in [-0.1, -0.05) is 35.5 Å². The van der Waals surface area contributed by atoms with Gasteiger partial charge in [-0.25, -0.2) is 0 Å². The number of hydrogen-bond donors (Lipinski definition) is 3. The van der Waals surface area contributed by atoms with E-state index in [0.717, 1.165) is 11.8 Å². The molecule has 0 saturated carbocycles. The van der Waals surface area contributed by atoms with Crippen LogP contribution in [0, 0.1) is 0 Å². The minimum absolute atomic E-state index is 0.153. The lowest BCUT2D eigenvalue weighted by molar-refractivity contribution is -0.110. The van der Waals surface area contributed by atoms with Crippen molar-refractivity contribution in [2.24, 2.45) is 5.16 Å². The number of nitrogens with one attached hydrogen (secondary N) is 1. The number of carbonyl (C=O) groups is 1. The summed E-state index contributed by atoms with van der Waals surface area (Å²) in [5, 5.41) is 23.8. The number of phenols is 1. The van der Waals surface area contributed by atoms with E-state index in [1.54, 1.807) is 30.3 Å². The van der Waals surface area contributed by atoms with Crippen LogP contribution in [0.5, 0.6) is 17.2 Å². The summed E-state index contributed by atoms with van der Waals surface area (Å²) in [6.45, 7) is 0. The van der Waals surface area contributed by atoms with Gasteiger partial charge < -0.3 is 20.4 Å². The molecule has 0 unspecified atom stereocenters. The van der Waals surface area contributed by atoms with E-state index >= 15 is 0 Å². The van der Waals surface area contributed by atoms with E-state index in [9.17, 15) is 9.90 Å². The number of halogens is 2. The summed E-state index contributed by atoms with van der Waals surface area (Å²) in [5.74, 6) is 0.613. The van der Waals surface area contributed by atoms with Crippen molar-refractivity contribution in [3.8, 4) is 28.4 Å². The molecule has 0 fully saturated rings. The van der Waals surface area contributed by atoms with Crippen LogP contribution in [0.25, 0.3) is 11.1 Å². The monoisotopic (exact) mass is 504 g/mol. The predicted octanol–water partition coefficient (Wildman–Crippen LogP) is 5.78. The van der Waals surface area contributed by atoms with Crippen LogP contribution in [0.1, 0.15) is 0 Å². The summed E-state index contributed by atoms with van der Waals surface area (Å²) in [4.78, 5) is 11.5. The normalized spacial score (nSPS) is 10.8. The Morgan fingerprint density at radius 2 is 1.71 bits per heavy atom. The minimum atomic E-state index is -0.569. The molecule has 0 heterocycles. The molecule has 8 heteroatoms. The van der Waals surface area contributed by atoms with Gasteiger partial charge in [0.05, 0.1) is 8.95 Å². The average Bonchev–Trinajstić information content (AvgIpc) is 2.67. The third-order valence-corrected chi connectivity index (χ3v) is 4.89. The van der Waals surface area contributed by atoms with E-state index in [4.69, 9.17) is 9.94 Å². The largest absolute Gasteiger partial charge is 0.507 e. The molecule has 0 bridgehead atoms. The van der Waals surface area contributed by atoms with Gasteiger partial charge in [0.25, 0.3) is 5.91 Å². The highest BCUT2D eigenvalue weighted by atomic mass is 79.9. The second-order valence-electron chi connectivity index (χ2n) is 5.65. The maximum Gasteiger partial charge on any atom is 0.270 e. The Morgan fingerprint density at radius 3 is 2.36 bits per heavy atom. The molecule has 6 nitrogen and oxygen atoms in total. The molecule has 3 aromatic carbocycles. The molecule has 0 aliphatic carbocycles. The number of nitrogens with zero attached hydrogens (tertiary/aromatic N) is 1. The Labute approximate surface area is 177 Å². The first-order valence-corrected chi connectivity index (χ1v) is 9.60. The molecule has 142 valence electrons. The molecule has 0 aromatic heterocycles. The second-order valence-corrected chi connectivity index (χ2v) is 7.36. The van der Waals surface area contributed by atoms with E-state index in [0.29, 0.717) is 31.7 Å². The van der Waals surface area contributed by atoms with Crippen LogP contribution in [0.15, 0.2) is 74.8 Å². The number of aromatic hydroxyl groups is 1. The van der Waals surface area contributed by atoms with Crippen molar-refractivity contribution in [1.82, 2.24) is 0 Å². The number of anilines is 1. The molecule has 1 amide bonds.